The van der Waals surface area contributed by atoms with Crippen LogP contribution in [-0.2, 0) is 0 Å². The summed E-state index contributed by atoms with van der Waals surface area (Å²) in [6.45, 7) is 4.43. The van der Waals surface area contributed by atoms with E-state index in [1.165, 1.54) is 51.4 Å². The van der Waals surface area contributed by atoms with Crippen LogP contribution in [0.15, 0.2) is 0 Å². The SMILES string of the molecule is CCCCC1(C(O)CCC)CCCCC1. The summed E-state index contributed by atoms with van der Waals surface area (Å²) in [4.78, 5) is 0. The van der Waals surface area contributed by atoms with Gasteiger partial charge in [0.15, 0.2) is 0 Å². The molecule has 1 saturated carbocycles. The maximum absolute atomic E-state index is 10.4. The third kappa shape index (κ3) is 3.48. The number of rotatable bonds is 6. The minimum Gasteiger partial charge on any atom is -0.393 e. The Labute approximate surface area is 95.3 Å². The molecule has 1 atom stereocenters. The third-order valence-corrected chi connectivity index (χ3v) is 4.15. The van der Waals surface area contributed by atoms with E-state index in [1.807, 2.05) is 0 Å². The van der Waals surface area contributed by atoms with Crippen molar-refractivity contribution in [3.8, 4) is 0 Å². The van der Waals surface area contributed by atoms with Crippen LogP contribution in [0.1, 0.15) is 78.1 Å². The van der Waals surface area contributed by atoms with E-state index in [4.69, 9.17) is 0 Å². The first-order valence-electron chi connectivity index (χ1n) is 6.93. The van der Waals surface area contributed by atoms with Gasteiger partial charge in [-0.15, -0.1) is 0 Å². The summed E-state index contributed by atoms with van der Waals surface area (Å²) < 4.78 is 0. The van der Waals surface area contributed by atoms with Gasteiger partial charge in [0.1, 0.15) is 0 Å². The van der Waals surface area contributed by atoms with Crippen LogP contribution in [0.5, 0.6) is 0 Å². The minimum absolute atomic E-state index is 0.0330. The quantitative estimate of drug-likeness (QED) is 0.696. The summed E-state index contributed by atoms with van der Waals surface area (Å²) >= 11 is 0. The van der Waals surface area contributed by atoms with Crippen molar-refractivity contribution >= 4 is 0 Å². The van der Waals surface area contributed by atoms with Gasteiger partial charge in [-0.25, -0.2) is 0 Å². The molecule has 1 aliphatic carbocycles. The highest BCUT2D eigenvalue weighted by Gasteiger charge is 2.37. The molecule has 1 N–H and O–H groups in total. The molecule has 0 aromatic rings. The molecule has 0 amide bonds. The molecule has 0 saturated heterocycles. The smallest absolute Gasteiger partial charge is 0.0596 e. The molecule has 0 aliphatic heterocycles. The fraction of sp³-hybridized carbons (Fsp3) is 1.00. The zero-order valence-corrected chi connectivity index (χ0v) is 10.6. The van der Waals surface area contributed by atoms with Gasteiger partial charge in [-0.2, -0.15) is 0 Å². The molecule has 1 rings (SSSR count). The highest BCUT2D eigenvalue weighted by Crippen LogP contribution is 2.44. The molecule has 0 bridgehead atoms. The summed E-state index contributed by atoms with van der Waals surface area (Å²) in [7, 11) is 0. The van der Waals surface area contributed by atoms with Crippen LogP contribution < -0.4 is 0 Å². The van der Waals surface area contributed by atoms with Crippen LogP contribution in [0.3, 0.4) is 0 Å². The highest BCUT2D eigenvalue weighted by atomic mass is 16.3. The number of hydrogen-bond acceptors (Lipinski definition) is 1. The Morgan fingerprint density at radius 1 is 1.07 bits per heavy atom. The zero-order chi connectivity index (χ0) is 11.1. The Bertz CT molecular complexity index is 159. The van der Waals surface area contributed by atoms with Gasteiger partial charge in [0.25, 0.3) is 0 Å². The van der Waals surface area contributed by atoms with Crippen molar-refractivity contribution in [2.24, 2.45) is 5.41 Å². The second-order valence-corrected chi connectivity index (χ2v) is 5.33. The lowest BCUT2D eigenvalue weighted by Crippen LogP contribution is -2.37. The van der Waals surface area contributed by atoms with Crippen molar-refractivity contribution in [3.05, 3.63) is 0 Å². The van der Waals surface area contributed by atoms with E-state index in [1.54, 1.807) is 0 Å². The molecule has 1 unspecified atom stereocenters. The van der Waals surface area contributed by atoms with Gasteiger partial charge in [0.2, 0.25) is 0 Å². The summed E-state index contributed by atoms with van der Waals surface area (Å²) in [6, 6.07) is 0. The Kier molecular flexibility index (Phi) is 5.66. The second-order valence-electron chi connectivity index (χ2n) is 5.33. The van der Waals surface area contributed by atoms with Crippen molar-refractivity contribution < 1.29 is 5.11 Å². The fourth-order valence-corrected chi connectivity index (χ4v) is 3.11. The van der Waals surface area contributed by atoms with Crippen LogP contribution in [0, 0.1) is 5.41 Å². The van der Waals surface area contributed by atoms with Crippen LogP contribution in [-0.4, -0.2) is 11.2 Å². The van der Waals surface area contributed by atoms with Gasteiger partial charge in [0.05, 0.1) is 6.10 Å². The maximum atomic E-state index is 10.4. The average molecular weight is 212 g/mol. The molecule has 90 valence electrons. The first kappa shape index (κ1) is 13.0. The first-order chi connectivity index (χ1) is 7.25. The van der Waals surface area contributed by atoms with Crippen molar-refractivity contribution in [2.45, 2.75) is 84.2 Å². The molecular formula is C14H28O. The van der Waals surface area contributed by atoms with Gasteiger partial charge in [-0.05, 0) is 31.1 Å². The van der Waals surface area contributed by atoms with Gasteiger partial charge in [-0.1, -0.05) is 52.4 Å². The Hall–Kier alpha value is -0.0400. The van der Waals surface area contributed by atoms with E-state index >= 15 is 0 Å². The summed E-state index contributed by atoms with van der Waals surface area (Å²) in [5.41, 5.74) is 0.296. The Balaban J connectivity index is 2.56. The molecule has 0 aromatic carbocycles. The second kappa shape index (κ2) is 6.52. The molecule has 0 aromatic heterocycles. The molecule has 15 heavy (non-hydrogen) atoms. The number of aliphatic hydroxyl groups is 1. The molecular weight excluding hydrogens is 184 g/mol. The lowest BCUT2D eigenvalue weighted by molar-refractivity contribution is -0.0174. The molecule has 1 heteroatoms. The average Bonchev–Trinajstić information content (AvgIpc) is 2.28. The van der Waals surface area contributed by atoms with Gasteiger partial charge >= 0.3 is 0 Å². The van der Waals surface area contributed by atoms with E-state index in [0.717, 1.165) is 12.8 Å². The van der Waals surface area contributed by atoms with Crippen molar-refractivity contribution in [1.29, 1.82) is 0 Å². The summed E-state index contributed by atoms with van der Waals surface area (Å²) in [5, 5.41) is 10.4. The molecule has 0 radical (unpaired) electrons. The third-order valence-electron chi connectivity index (χ3n) is 4.15. The lowest BCUT2D eigenvalue weighted by Gasteiger charge is -2.41. The summed E-state index contributed by atoms with van der Waals surface area (Å²) in [6.07, 6.45) is 12.5. The minimum atomic E-state index is -0.0330. The lowest BCUT2D eigenvalue weighted by atomic mass is 9.66. The monoisotopic (exact) mass is 212 g/mol. The van der Waals surface area contributed by atoms with E-state index in [-0.39, 0.29) is 6.10 Å². The van der Waals surface area contributed by atoms with E-state index in [2.05, 4.69) is 13.8 Å². The zero-order valence-electron chi connectivity index (χ0n) is 10.6. The van der Waals surface area contributed by atoms with Gasteiger partial charge in [0, 0.05) is 0 Å². The molecule has 0 spiro atoms. The molecule has 0 heterocycles. The van der Waals surface area contributed by atoms with Crippen molar-refractivity contribution in [2.75, 3.05) is 0 Å². The maximum Gasteiger partial charge on any atom is 0.0596 e. The largest absolute Gasteiger partial charge is 0.393 e. The number of aliphatic hydroxyl groups excluding tert-OH is 1. The number of unbranched alkanes of at least 4 members (excludes halogenated alkanes) is 1. The van der Waals surface area contributed by atoms with Crippen LogP contribution in [0.4, 0.5) is 0 Å². The normalized spacial score (nSPS) is 22.6. The fourth-order valence-electron chi connectivity index (χ4n) is 3.11. The highest BCUT2D eigenvalue weighted by molar-refractivity contribution is 4.88. The van der Waals surface area contributed by atoms with E-state index in [9.17, 15) is 5.11 Å². The van der Waals surface area contributed by atoms with Gasteiger partial charge in [-0.3, -0.25) is 0 Å². The predicted octanol–water partition coefficient (Wildman–Crippen LogP) is 4.29. The molecule has 1 nitrogen and oxygen atoms in total. The van der Waals surface area contributed by atoms with Crippen molar-refractivity contribution in [3.63, 3.8) is 0 Å². The Morgan fingerprint density at radius 3 is 2.27 bits per heavy atom. The summed E-state index contributed by atoms with van der Waals surface area (Å²) in [5.74, 6) is 0. The van der Waals surface area contributed by atoms with Crippen molar-refractivity contribution in [1.82, 2.24) is 0 Å². The first-order valence-corrected chi connectivity index (χ1v) is 6.93. The van der Waals surface area contributed by atoms with Crippen LogP contribution in [0.2, 0.25) is 0 Å². The predicted molar refractivity (Wildman–Crippen MR) is 66.0 cm³/mol. The number of hydrogen-bond donors (Lipinski definition) is 1. The molecule has 1 aliphatic rings. The standard InChI is InChI=1S/C14H28O/c1-3-5-10-14(13(15)9-4-2)11-7-6-8-12-14/h13,15H,3-12H2,1-2H3. The van der Waals surface area contributed by atoms with E-state index in [0.29, 0.717) is 5.41 Å². The molecule has 1 fully saturated rings. The van der Waals surface area contributed by atoms with Crippen LogP contribution in [0.25, 0.3) is 0 Å². The van der Waals surface area contributed by atoms with Gasteiger partial charge < -0.3 is 5.11 Å². The topological polar surface area (TPSA) is 20.2 Å². The van der Waals surface area contributed by atoms with E-state index < -0.39 is 0 Å². The Morgan fingerprint density at radius 2 is 1.73 bits per heavy atom. The van der Waals surface area contributed by atoms with Crippen LogP contribution >= 0.6 is 0 Å².